The zero-order valence-electron chi connectivity index (χ0n) is 15.9. The number of halogens is 1. The van der Waals surface area contributed by atoms with Gasteiger partial charge in [0.2, 0.25) is 0 Å². The number of rotatable bonds is 6. The Morgan fingerprint density at radius 1 is 0.893 bits per heavy atom. The standard InChI is InChI=1S/C22H26ClN3O2/c23-12-7-13-24-21(27)22(28)26-16-14-25(15-17-26)20(18-8-3-1-4-9-18)19-10-5-2-6-11-19/h1-6,8-11,20H,7,12-17H2,(H,24,27). The summed E-state index contributed by atoms with van der Waals surface area (Å²) in [5, 5.41) is 2.64. The van der Waals surface area contributed by atoms with Gasteiger partial charge in [0.1, 0.15) is 0 Å². The monoisotopic (exact) mass is 399 g/mol. The first kappa shape index (κ1) is 20.4. The first-order valence-electron chi connectivity index (χ1n) is 9.67. The quantitative estimate of drug-likeness (QED) is 0.461. The van der Waals surface area contributed by atoms with Gasteiger partial charge in [-0.15, -0.1) is 11.6 Å². The Morgan fingerprint density at radius 3 is 1.93 bits per heavy atom. The van der Waals surface area contributed by atoms with Gasteiger partial charge in [-0.3, -0.25) is 14.5 Å². The summed E-state index contributed by atoms with van der Waals surface area (Å²) in [6.45, 7) is 2.94. The van der Waals surface area contributed by atoms with Gasteiger partial charge in [0.15, 0.2) is 0 Å². The predicted molar refractivity (Wildman–Crippen MR) is 111 cm³/mol. The number of amides is 2. The zero-order valence-corrected chi connectivity index (χ0v) is 16.6. The van der Waals surface area contributed by atoms with Crippen LogP contribution in [0.5, 0.6) is 0 Å². The summed E-state index contributed by atoms with van der Waals surface area (Å²) in [6.07, 6.45) is 0.657. The average molecular weight is 400 g/mol. The summed E-state index contributed by atoms with van der Waals surface area (Å²) in [6, 6.07) is 20.9. The van der Waals surface area contributed by atoms with Gasteiger partial charge in [0.05, 0.1) is 6.04 Å². The molecule has 3 rings (SSSR count). The molecule has 5 nitrogen and oxygen atoms in total. The van der Waals surface area contributed by atoms with Crippen molar-refractivity contribution in [1.82, 2.24) is 15.1 Å². The lowest BCUT2D eigenvalue weighted by Crippen LogP contribution is -2.53. The van der Waals surface area contributed by atoms with E-state index in [-0.39, 0.29) is 6.04 Å². The Balaban J connectivity index is 1.66. The Morgan fingerprint density at radius 2 is 1.43 bits per heavy atom. The third-order valence-corrected chi connectivity index (χ3v) is 5.25. The molecule has 1 aliphatic rings. The smallest absolute Gasteiger partial charge is 0.311 e. The molecule has 1 fully saturated rings. The number of benzene rings is 2. The summed E-state index contributed by atoms with van der Waals surface area (Å²) in [4.78, 5) is 28.4. The number of hydrogen-bond acceptors (Lipinski definition) is 3. The van der Waals surface area contributed by atoms with Crippen molar-refractivity contribution in [3.63, 3.8) is 0 Å². The van der Waals surface area contributed by atoms with Crippen molar-refractivity contribution < 1.29 is 9.59 Å². The first-order chi connectivity index (χ1) is 13.7. The molecule has 2 amide bonds. The number of piperazine rings is 1. The lowest BCUT2D eigenvalue weighted by molar-refractivity contribution is -0.147. The summed E-state index contributed by atoms with van der Waals surface area (Å²) in [7, 11) is 0. The molecule has 0 unspecified atom stereocenters. The zero-order chi connectivity index (χ0) is 19.8. The van der Waals surface area contributed by atoms with Crippen molar-refractivity contribution in [1.29, 1.82) is 0 Å². The van der Waals surface area contributed by atoms with E-state index in [9.17, 15) is 9.59 Å². The van der Waals surface area contributed by atoms with Crippen LogP contribution in [0.15, 0.2) is 60.7 Å². The normalized spacial score (nSPS) is 14.9. The van der Waals surface area contributed by atoms with Crippen molar-refractivity contribution >= 4 is 23.4 Å². The second kappa shape index (κ2) is 10.2. The molecule has 148 valence electrons. The second-order valence-corrected chi connectivity index (χ2v) is 7.23. The maximum Gasteiger partial charge on any atom is 0.311 e. The molecule has 0 spiro atoms. The molecule has 1 heterocycles. The fourth-order valence-corrected chi connectivity index (χ4v) is 3.69. The van der Waals surface area contributed by atoms with Crippen LogP contribution in [0.25, 0.3) is 0 Å². The molecular formula is C22H26ClN3O2. The van der Waals surface area contributed by atoms with E-state index < -0.39 is 11.8 Å². The Kier molecular flexibility index (Phi) is 7.46. The van der Waals surface area contributed by atoms with Crippen LogP contribution >= 0.6 is 11.6 Å². The van der Waals surface area contributed by atoms with Gasteiger partial charge in [-0.2, -0.15) is 0 Å². The summed E-state index contributed by atoms with van der Waals surface area (Å²) in [5.41, 5.74) is 2.46. The molecule has 1 aliphatic heterocycles. The third kappa shape index (κ3) is 5.12. The maximum absolute atomic E-state index is 12.4. The minimum atomic E-state index is -0.541. The van der Waals surface area contributed by atoms with E-state index in [0.29, 0.717) is 31.9 Å². The van der Waals surface area contributed by atoms with Crippen LogP contribution in [0.2, 0.25) is 0 Å². The van der Waals surface area contributed by atoms with E-state index in [4.69, 9.17) is 11.6 Å². The van der Waals surface area contributed by atoms with Crippen LogP contribution < -0.4 is 5.32 Å². The average Bonchev–Trinajstić information content (AvgIpc) is 2.75. The number of nitrogens with one attached hydrogen (secondary N) is 1. The number of carbonyl (C=O) groups excluding carboxylic acids is 2. The van der Waals surface area contributed by atoms with Gasteiger partial charge in [-0.05, 0) is 17.5 Å². The summed E-state index contributed by atoms with van der Waals surface area (Å²) >= 11 is 5.61. The van der Waals surface area contributed by atoms with E-state index in [0.717, 1.165) is 13.1 Å². The lowest BCUT2D eigenvalue weighted by Gasteiger charge is -2.39. The van der Waals surface area contributed by atoms with Gasteiger partial charge in [-0.25, -0.2) is 0 Å². The highest BCUT2D eigenvalue weighted by Crippen LogP contribution is 2.29. The number of hydrogen-bond donors (Lipinski definition) is 1. The molecule has 0 radical (unpaired) electrons. The van der Waals surface area contributed by atoms with Gasteiger partial charge in [0, 0.05) is 38.6 Å². The second-order valence-electron chi connectivity index (χ2n) is 6.85. The highest BCUT2D eigenvalue weighted by atomic mass is 35.5. The van der Waals surface area contributed by atoms with Crippen LogP contribution in [0.3, 0.4) is 0 Å². The maximum atomic E-state index is 12.4. The minimum absolute atomic E-state index is 0.136. The fourth-order valence-electron chi connectivity index (χ4n) is 3.56. The molecule has 0 bridgehead atoms. The first-order valence-corrected chi connectivity index (χ1v) is 10.2. The molecule has 0 saturated carbocycles. The van der Waals surface area contributed by atoms with Crippen molar-refractivity contribution in [2.45, 2.75) is 12.5 Å². The van der Waals surface area contributed by atoms with E-state index >= 15 is 0 Å². The molecule has 0 aliphatic carbocycles. The molecule has 6 heteroatoms. The van der Waals surface area contributed by atoms with E-state index in [1.165, 1.54) is 11.1 Å². The van der Waals surface area contributed by atoms with E-state index in [1.54, 1.807) is 4.90 Å². The van der Waals surface area contributed by atoms with Crippen molar-refractivity contribution in [2.24, 2.45) is 0 Å². The van der Waals surface area contributed by atoms with Gasteiger partial charge < -0.3 is 10.2 Å². The van der Waals surface area contributed by atoms with Gasteiger partial charge in [0.25, 0.3) is 0 Å². The molecule has 1 N–H and O–H groups in total. The summed E-state index contributed by atoms with van der Waals surface area (Å²) in [5.74, 6) is -0.528. The lowest BCUT2D eigenvalue weighted by atomic mass is 9.96. The number of carbonyl (C=O) groups is 2. The van der Waals surface area contributed by atoms with Crippen molar-refractivity contribution in [2.75, 3.05) is 38.6 Å². The Bertz CT molecular complexity index is 722. The molecule has 2 aromatic carbocycles. The van der Waals surface area contributed by atoms with Crippen molar-refractivity contribution in [3.8, 4) is 0 Å². The SMILES string of the molecule is O=C(NCCCCl)C(=O)N1CCN(C(c2ccccc2)c2ccccc2)CC1. The van der Waals surface area contributed by atoms with E-state index in [2.05, 4.69) is 58.7 Å². The molecule has 0 atom stereocenters. The van der Waals surface area contributed by atoms with Crippen LogP contribution in [-0.4, -0.2) is 60.2 Å². The van der Waals surface area contributed by atoms with Crippen LogP contribution in [0.1, 0.15) is 23.6 Å². The largest absolute Gasteiger partial charge is 0.348 e. The number of alkyl halides is 1. The van der Waals surface area contributed by atoms with Crippen LogP contribution in [-0.2, 0) is 9.59 Å². The number of nitrogens with zero attached hydrogens (tertiary/aromatic N) is 2. The van der Waals surface area contributed by atoms with Gasteiger partial charge >= 0.3 is 11.8 Å². The Labute approximate surface area is 171 Å². The topological polar surface area (TPSA) is 52.7 Å². The van der Waals surface area contributed by atoms with Crippen LogP contribution in [0.4, 0.5) is 0 Å². The van der Waals surface area contributed by atoms with Crippen LogP contribution in [0, 0.1) is 0 Å². The molecule has 28 heavy (non-hydrogen) atoms. The molecular weight excluding hydrogens is 374 g/mol. The Hall–Kier alpha value is -2.37. The highest BCUT2D eigenvalue weighted by Gasteiger charge is 2.30. The predicted octanol–water partition coefficient (Wildman–Crippen LogP) is 2.67. The fraction of sp³-hybridized carbons (Fsp3) is 0.364. The molecule has 1 saturated heterocycles. The van der Waals surface area contributed by atoms with E-state index in [1.807, 2.05) is 12.1 Å². The highest BCUT2D eigenvalue weighted by molar-refractivity contribution is 6.35. The third-order valence-electron chi connectivity index (χ3n) is 4.99. The minimum Gasteiger partial charge on any atom is -0.348 e. The molecule has 0 aromatic heterocycles. The van der Waals surface area contributed by atoms with Crippen molar-refractivity contribution in [3.05, 3.63) is 71.8 Å². The summed E-state index contributed by atoms with van der Waals surface area (Å²) < 4.78 is 0. The van der Waals surface area contributed by atoms with Gasteiger partial charge in [-0.1, -0.05) is 60.7 Å². The molecule has 2 aromatic rings.